The fourth-order valence-electron chi connectivity index (χ4n) is 4.02. The lowest BCUT2D eigenvalue weighted by atomic mass is 9.88. The van der Waals surface area contributed by atoms with Crippen LogP contribution in [-0.4, -0.2) is 17.6 Å². The van der Waals surface area contributed by atoms with Crippen LogP contribution in [0.25, 0.3) is 0 Å². The highest BCUT2D eigenvalue weighted by molar-refractivity contribution is 8.00. The van der Waals surface area contributed by atoms with Gasteiger partial charge in [0.25, 0.3) is 0 Å². The first kappa shape index (κ1) is 19.9. The molecule has 1 saturated carbocycles. The molecular weight excluding hydrogens is 394 g/mol. The normalized spacial score (nSPS) is 20.1. The lowest BCUT2D eigenvalue weighted by molar-refractivity contribution is -0.120. The fourth-order valence-corrected chi connectivity index (χ4v) is 5.22. The Morgan fingerprint density at radius 3 is 2.59 bits per heavy atom. The van der Waals surface area contributed by atoms with Crippen LogP contribution in [0, 0.1) is 17.6 Å². The number of thioether (sulfide) groups is 1. The van der Waals surface area contributed by atoms with Crippen LogP contribution in [-0.2, 0) is 9.59 Å². The lowest BCUT2D eigenvalue weighted by Gasteiger charge is -2.27. The van der Waals surface area contributed by atoms with Crippen LogP contribution in [0.3, 0.4) is 0 Å². The van der Waals surface area contributed by atoms with Gasteiger partial charge in [-0.25, -0.2) is 8.78 Å². The Hall–Kier alpha value is -2.41. The third-order valence-electron chi connectivity index (χ3n) is 5.50. The molecule has 1 heterocycles. The van der Waals surface area contributed by atoms with Crippen molar-refractivity contribution in [2.75, 3.05) is 16.0 Å². The van der Waals surface area contributed by atoms with Crippen molar-refractivity contribution in [1.29, 1.82) is 0 Å². The first-order valence-electron chi connectivity index (χ1n) is 9.83. The monoisotopic (exact) mass is 416 g/mol. The maximum Gasteiger partial charge on any atom is 0.238 e. The molecule has 0 bridgehead atoms. The van der Waals surface area contributed by atoms with Gasteiger partial charge >= 0.3 is 0 Å². The number of nitrogens with zero attached hydrogens (tertiary/aromatic N) is 1. The van der Waals surface area contributed by atoms with E-state index in [9.17, 15) is 18.4 Å². The van der Waals surface area contributed by atoms with Gasteiger partial charge in [0.2, 0.25) is 11.8 Å². The van der Waals surface area contributed by atoms with Gasteiger partial charge < -0.3 is 5.32 Å². The minimum Gasteiger partial charge on any atom is -0.325 e. The number of hydrogen-bond donors (Lipinski definition) is 1. The van der Waals surface area contributed by atoms with Gasteiger partial charge in [-0.05, 0) is 31.0 Å². The van der Waals surface area contributed by atoms with Gasteiger partial charge in [0.05, 0.1) is 11.4 Å². The van der Waals surface area contributed by atoms with E-state index in [0.29, 0.717) is 5.69 Å². The zero-order valence-electron chi connectivity index (χ0n) is 15.9. The molecule has 0 unspecified atom stereocenters. The molecule has 0 aromatic heterocycles. The summed E-state index contributed by atoms with van der Waals surface area (Å²) in [7, 11) is 0. The van der Waals surface area contributed by atoms with Crippen LogP contribution in [0.5, 0.6) is 0 Å². The predicted octanol–water partition coefficient (Wildman–Crippen LogP) is 5.26. The molecule has 1 atom stereocenters. The van der Waals surface area contributed by atoms with E-state index < -0.39 is 17.0 Å². The summed E-state index contributed by atoms with van der Waals surface area (Å²) < 4.78 is 27.7. The van der Waals surface area contributed by atoms with E-state index in [4.69, 9.17) is 0 Å². The maximum absolute atomic E-state index is 14.4. The second kappa shape index (κ2) is 8.53. The highest BCUT2D eigenvalue weighted by atomic mass is 32.2. The Bertz CT molecular complexity index is 931. The number of carbonyl (C=O) groups excluding carboxylic acids is 2. The van der Waals surface area contributed by atoms with E-state index in [2.05, 4.69) is 5.32 Å². The van der Waals surface area contributed by atoms with E-state index in [-0.39, 0.29) is 29.2 Å². The summed E-state index contributed by atoms with van der Waals surface area (Å²) in [6, 6.07) is 10.5. The standard InChI is InChI=1S/C22H22F2N2O2S/c23-15-10-11-19(17(24)12-15)26-20(27)13-29-22(26)16-8-4-5-9-18(16)25-21(28)14-6-2-1-3-7-14/h4-5,8-12,14,22H,1-3,6-7,13H2,(H,25,28)/t22-/m0/s1. The van der Waals surface area contributed by atoms with Gasteiger partial charge in [-0.15, -0.1) is 11.8 Å². The highest BCUT2D eigenvalue weighted by Crippen LogP contribution is 2.45. The largest absolute Gasteiger partial charge is 0.325 e. The van der Waals surface area contributed by atoms with E-state index in [0.717, 1.165) is 43.4 Å². The minimum absolute atomic E-state index is 0.000292. The Balaban J connectivity index is 1.63. The maximum atomic E-state index is 14.4. The van der Waals surface area contributed by atoms with Crippen molar-refractivity contribution in [3.63, 3.8) is 0 Å². The van der Waals surface area contributed by atoms with Crippen LogP contribution >= 0.6 is 11.8 Å². The first-order valence-corrected chi connectivity index (χ1v) is 10.9. The zero-order valence-corrected chi connectivity index (χ0v) is 16.7. The molecule has 1 N–H and O–H groups in total. The summed E-state index contributed by atoms with van der Waals surface area (Å²) >= 11 is 1.36. The summed E-state index contributed by atoms with van der Waals surface area (Å²) in [5, 5.41) is 2.53. The summed E-state index contributed by atoms with van der Waals surface area (Å²) in [6.45, 7) is 0. The van der Waals surface area contributed by atoms with Crippen molar-refractivity contribution in [1.82, 2.24) is 0 Å². The van der Waals surface area contributed by atoms with Gasteiger partial charge in [-0.3, -0.25) is 14.5 Å². The van der Waals surface area contributed by atoms with Gasteiger partial charge in [-0.2, -0.15) is 0 Å². The average Bonchev–Trinajstić information content (AvgIpc) is 3.10. The molecule has 0 spiro atoms. The van der Waals surface area contributed by atoms with Gasteiger partial charge in [0.15, 0.2) is 0 Å². The van der Waals surface area contributed by atoms with Crippen molar-refractivity contribution in [3.05, 3.63) is 59.7 Å². The highest BCUT2D eigenvalue weighted by Gasteiger charge is 2.37. The Morgan fingerprint density at radius 2 is 1.83 bits per heavy atom. The molecule has 152 valence electrons. The molecule has 4 rings (SSSR count). The molecule has 7 heteroatoms. The number of hydrogen-bond acceptors (Lipinski definition) is 3. The van der Waals surface area contributed by atoms with E-state index in [1.807, 2.05) is 18.2 Å². The Morgan fingerprint density at radius 1 is 1.07 bits per heavy atom. The minimum atomic E-state index is -0.783. The van der Waals surface area contributed by atoms with Gasteiger partial charge in [0.1, 0.15) is 17.0 Å². The average molecular weight is 416 g/mol. The van der Waals surface area contributed by atoms with E-state index in [1.165, 1.54) is 29.1 Å². The van der Waals surface area contributed by atoms with Gasteiger partial charge in [-0.1, -0.05) is 37.5 Å². The topological polar surface area (TPSA) is 49.4 Å². The predicted molar refractivity (Wildman–Crippen MR) is 111 cm³/mol. The summed E-state index contributed by atoms with van der Waals surface area (Å²) in [5.41, 5.74) is 1.40. The van der Waals surface area contributed by atoms with Crippen molar-refractivity contribution in [2.24, 2.45) is 5.92 Å². The molecule has 1 aliphatic heterocycles. The fraction of sp³-hybridized carbons (Fsp3) is 0.364. The SMILES string of the molecule is O=C(Nc1ccccc1[C@@H]1SCC(=O)N1c1ccc(F)cc1F)C1CCCCC1. The quantitative estimate of drug-likeness (QED) is 0.739. The Kier molecular flexibility index (Phi) is 5.85. The second-order valence-electron chi connectivity index (χ2n) is 7.43. The summed E-state index contributed by atoms with van der Waals surface area (Å²) in [4.78, 5) is 26.6. The number of anilines is 2. The number of halogens is 2. The number of para-hydroxylation sites is 1. The molecule has 2 aromatic carbocycles. The molecular formula is C22H22F2N2O2S. The molecule has 2 fully saturated rings. The molecule has 1 aliphatic carbocycles. The number of benzene rings is 2. The smallest absolute Gasteiger partial charge is 0.238 e. The number of carbonyl (C=O) groups is 2. The number of amides is 2. The molecule has 2 aromatic rings. The second-order valence-corrected chi connectivity index (χ2v) is 8.50. The first-order chi connectivity index (χ1) is 14.0. The van der Waals surface area contributed by atoms with E-state index in [1.54, 1.807) is 6.07 Å². The van der Waals surface area contributed by atoms with Crippen LogP contribution < -0.4 is 10.2 Å². The summed E-state index contributed by atoms with van der Waals surface area (Å²) in [6.07, 6.45) is 5.06. The van der Waals surface area contributed by atoms with Crippen molar-refractivity contribution in [2.45, 2.75) is 37.5 Å². The van der Waals surface area contributed by atoms with Crippen LogP contribution in [0.2, 0.25) is 0 Å². The van der Waals surface area contributed by atoms with Crippen molar-refractivity contribution in [3.8, 4) is 0 Å². The van der Waals surface area contributed by atoms with Crippen LogP contribution in [0.4, 0.5) is 20.2 Å². The van der Waals surface area contributed by atoms with Crippen molar-refractivity contribution >= 4 is 35.0 Å². The molecule has 2 amide bonds. The molecule has 29 heavy (non-hydrogen) atoms. The molecule has 4 nitrogen and oxygen atoms in total. The van der Waals surface area contributed by atoms with E-state index >= 15 is 0 Å². The lowest BCUT2D eigenvalue weighted by Crippen LogP contribution is -2.30. The molecule has 2 aliphatic rings. The van der Waals surface area contributed by atoms with Crippen molar-refractivity contribution < 1.29 is 18.4 Å². The van der Waals surface area contributed by atoms with Crippen LogP contribution in [0.1, 0.15) is 43.0 Å². The Labute approximate surface area is 172 Å². The molecule has 0 radical (unpaired) electrons. The number of rotatable bonds is 4. The zero-order chi connectivity index (χ0) is 20.4. The van der Waals surface area contributed by atoms with Gasteiger partial charge in [0, 0.05) is 23.2 Å². The van der Waals surface area contributed by atoms with Crippen LogP contribution in [0.15, 0.2) is 42.5 Å². The number of nitrogens with one attached hydrogen (secondary N) is 1. The third kappa shape index (κ3) is 4.15. The summed E-state index contributed by atoms with van der Waals surface area (Å²) in [5.74, 6) is -1.55. The third-order valence-corrected chi connectivity index (χ3v) is 6.69. The molecule has 1 saturated heterocycles.